The third-order valence-corrected chi connectivity index (χ3v) is 4.61. The summed E-state index contributed by atoms with van der Waals surface area (Å²) < 4.78 is 39.6. The molecule has 6 nitrogen and oxygen atoms in total. The lowest BCUT2D eigenvalue weighted by molar-refractivity contribution is -0.137. The Kier molecular flexibility index (Phi) is 3.74. The molecule has 136 valence electrons. The van der Waals surface area contributed by atoms with Crippen molar-refractivity contribution in [3.05, 3.63) is 45.9 Å². The van der Waals surface area contributed by atoms with Crippen molar-refractivity contribution in [1.29, 1.82) is 0 Å². The number of aromatic nitrogens is 4. The predicted octanol–water partition coefficient (Wildman–Crippen LogP) is 3.04. The van der Waals surface area contributed by atoms with Crippen LogP contribution in [0, 0.1) is 6.92 Å². The highest BCUT2D eigenvalue weighted by atomic mass is 19.4. The van der Waals surface area contributed by atoms with E-state index in [4.69, 9.17) is 0 Å². The first kappa shape index (κ1) is 16.6. The average Bonchev–Trinajstić information content (AvgIpc) is 3.22. The van der Waals surface area contributed by atoms with Crippen LogP contribution in [0.1, 0.15) is 24.1 Å². The summed E-state index contributed by atoms with van der Waals surface area (Å²) in [6.45, 7) is 3.35. The Hall–Kier alpha value is -2.84. The van der Waals surface area contributed by atoms with Gasteiger partial charge in [-0.15, -0.1) is 5.10 Å². The number of alkyl halides is 3. The predicted molar refractivity (Wildman–Crippen MR) is 90.7 cm³/mol. The highest BCUT2D eigenvalue weighted by Gasteiger charge is 2.30. The zero-order valence-corrected chi connectivity index (χ0v) is 14.0. The van der Waals surface area contributed by atoms with Crippen molar-refractivity contribution in [2.45, 2.75) is 25.9 Å². The zero-order valence-electron chi connectivity index (χ0n) is 14.0. The van der Waals surface area contributed by atoms with E-state index >= 15 is 0 Å². The Morgan fingerprint density at radius 3 is 2.38 bits per heavy atom. The first-order chi connectivity index (χ1) is 12.3. The normalized spacial score (nSPS) is 15.2. The molecular formula is C17H16F3N5O. The van der Waals surface area contributed by atoms with Crippen LogP contribution in [0.25, 0.3) is 16.7 Å². The fraction of sp³-hybridized carbons (Fsp3) is 0.353. The molecule has 0 aliphatic carbocycles. The van der Waals surface area contributed by atoms with Crippen LogP contribution in [0.5, 0.6) is 0 Å². The molecule has 0 radical (unpaired) electrons. The SMILES string of the molecule is Cc1c2c(=O)[nH]c(N3CCCC3)nc2nn1-c1ccc(C(F)(F)F)cc1. The highest BCUT2D eigenvalue weighted by molar-refractivity contribution is 5.78. The van der Waals surface area contributed by atoms with Gasteiger partial charge in [0.15, 0.2) is 5.65 Å². The molecule has 0 unspecified atom stereocenters. The van der Waals surface area contributed by atoms with Gasteiger partial charge in [-0.1, -0.05) is 0 Å². The second kappa shape index (κ2) is 5.86. The number of fused-ring (bicyclic) bond motifs is 1. The molecular weight excluding hydrogens is 347 g/mol. The maximum absolute atomic E-state index is 12.7. The number of H-pyrrole nitrogens is 1. The van der Waals surface area contributed by atoms with Crippen molar-refractivity contribution in [2.75, 3.05) is 18.0 Å². The van der Waals surface area contributed by atoms with Crippen LogP contribution in [0.3, 0.4) is 0 Å². The molecule has 3 aromatic rings. The Bertz CT molecular complexity index is 1010. The van der Waals surface area contributed by atoms with Crippen LogP contribution in [0.4, 0.5) is 19.1 Å². The lowest BCUT2D eigenvalue weighted by Gasteiger charge is -2.14. The lowest BCUT2D eigenvalue weighted by Crippen LogP contribution is -2.23. The van der Waals surface area contributed by atoms with Gasteiger partial charge in [0.05, 0.1) is 16.9 Å². The number of nitrogens with zero attached hydrogens (tertiary/aromatic N) is 4. The van der Waals surface area contributed by atoms with Gasteiger partial charge in [0.1, 0.15) is 5.39 Å². The monoisotopic (exact) mass is 363 g/mol. The summed E-state index contributed by atoms with van der Waals surface area (Å²) in [7, 11) is 0. The maximum Gasteiger partial charge on any atom is 0.416 e. The molecule has 0 spiro atoms. The van der Waals surface area contributed by atoms with Crippen LogP contribution in [0.2, 0.25) is 0 Å². The summed E-state index contributed by atoms with van der Waals surface area (Å²) in [4.78, 5) is 21.7. The fourth-order valence-corrected chi connectivity index (χ4v) is 3.25. The number of halogens is 3. The van der Waals surface area contributed by atoms with Crippen LogP contribution >= 0.6 is 0 Å². The van der Waals surface area contributed by atoms with E-state index in [1.165, 1.54) is 16.8 Å². The Labute approximate surface area is 146 Å². The summed E-state index contributed by atoms with van der Waals surface area (Å²) in [6, 6.07) is 4.65. The van der Waals surface area contributed by atoms with Crippen LogP contribution in [0.15, 0.2) is 29.1 Å². The first-order valence-electron chi connectivity index (χ1n) is 8.27. The van der Waals surface area contributed by atoms with E-state index in [-0.39, 0.29) is 11.2 Å². The number of benzene rings is 1. The molecule has 1 fully saturated rings. The molecule has 0 atom stereocenters. The molecule has 1 aliphatic rings. The Balaban J connectivity index is 1.80. The van der Waals surface area contributed by atoms with Crippen molar-refractivity contribution >= 4 is 17.0 Å². The van der Waals surface area contributed by atoms with Crippen molar-refractivity contribution in [2.24, 2.45) is 0 Å². The van der Waals surface area contributed by atoms with Gasteiger partial charge in [0, 0.05) is 13.1 Å². The molecule has 3 heterocycles. The third-order valence-electron chi connectivity index (χ3n) is 4.61. The first-order valence-corrected chi connectivity index (χ1v) is 8.27. The topological polar surface area (TPSA) is 66.8 Å². The maximum atomic E-state index is 12.7. The van der Waals surface area contributed by atoms with E-state index in [0.717, 1.165) is 38.1 Å². The van der Waals surface area contributed by atoms with Crippen molar-refractivity contribution in [1.82, 2.24) is 19.7 Å². The number of aromatic amines is 1. The van der Waals surface area contributed by atoms with Crippen LogP contribution < -0.4 is 10.5 Å². The van der Waals surface area contributed by atoms with E-state index in [1.807, 2.05) is 4.90 Å². The summed E-state index contributed by atoms with van der Waals surface area (Å²) >= 11 is 0. The third kappa shape index (κ3) is 2.73. The molecule has 1 saturated heterocycles. The molecule has 0 saturated carbocycles. The largest absolute Gasteiger partial charge is 0.416 e. The van der Waals surface area contributed by atoms with E-state index in [0.29, 0.717) is 22.7 Å². The standard InChI is InChI=1S/C17H16F3N5O/c1-10-13-14(21-16(22-15(13)26)24-8-2-3-9-24)23-25(10)12-6-4-11(5-7-12)17(18,19)20/h4-7H,2-3,8-9H2,1H3,(H,21,22,23,26). The number of aryl methyl sites for hydroxylation is 1. The van der Waals surface area contributed by atoms with Gasteiger partial charge < -0.3 is 4.90 Å². The highest BCUT2D eigenvalue weighted by Crippen LogP contribution is 2.30. The smallest absolute Gasteiger partial charge is 0.342 e. The number of hydrogen-bond donors (Lipinski definition) is 1. The molecule has 1 aromatic carbocycles. The van der Waals surface area contributed by atoms with E-state index < -0.39 is 11.7 Å². The molecule has 1 N–H and O–H groups in total. The molecule has 9 heteroatoms. The van der Waals surface area contributed by atoms with Gasteiger partial charge in [-0.05, 0) is 44.0 Å². The van der Waals surface area contributed by atoms with Crippen molar-refractivity contribution in [3.8, 4) is 5.69 Å². The number of anilines is 1. The second-order valence-electron chi connectivity index (χ2n) is 6.32. The summed E-state index contributed by atoms with van der Waals surface area (Å²) in [5, 5.41) is 4.69. The average molecular weight is 363 g/mol. The molecule has 2 aromatic heterocycles. The van der Waals surface area contributed by atoms with E-state index in [9.17, 15) is 18.0 Å². The molecule has 26 heavy (non-hydrogen) atoms. The van der Waals surface area contributed by atoms with Gasteiger partial charge in [-0.25, -0.2) is 4.68 Å². The molecule has 1 aliphatic heterocycles. The molecule has 0 amide bonds. The Morgan fingerprint density at radius 1 is 1.12 bits per heavy atom. The van der Waals surface area contributed by atoms with Crippen LogP contribution in [-0.4, -0.2) is 32.8 Å². The number of rotatable bonds is 2. The minimum atomic E-state index is -4.40. The Morgan fingerprint density at radius 2 is 1.77 bits per heavy atom. The summed E-state index contributed by atoms with van der Waals surface area (Å²) in [5.74, 6) is 0.483. The van der Waals surface area contributed by atoms with Crippen LogP contribution in [-0.2, 0) is 6.18 Å². The van der Waals surface area contributed by atoms with E-state index in [1.54, 1.807) is 6.92 Å². The number of nitrogens with one attached hydrogen (secondary N) is 1. The summed E-state index contributed by atoms with van der Waals surface area (Å²) in [6.07, 6.45) is -2.31. The fourth-order valence-electron chi connectivity index (χ4n) is 3.25. The molecule has 4 rings (SSSR count). The van der Waals surface area contributed by atoms with Gasteiger partial charge in [0.2, 0.25) is 5.95 Å². The quantitative estimate of drug-likeness (QED) is 0.760. The lowest BCUT2D eigenvalue weighted by atomic mass is 10.2. The van der Waals surface area contributed by atoms with Gasteiger partial charge in [0.25, 0.3) is 5.56 Å². The minimum Gasteiger partial charge on any atom is -0.342 e. The second-order valence-corrected chi connectivity index (χ2v) is 6.32. The number of hydrogen-bond acceptors (Lipinski definition) is 4. The van der Waals surface area contributed by atoms with E-state index in [2.05, 4.69) is 15.1 Å². The zero-order chi connectivity index (χ0) is 18.5. The molecule has 0 bridgehead atoms. The van der Waals surface area contributed by atoms with Gasteiger partial charge >= 0.3 is 6.18 Å². The van der Waals surface area contributed by atoms with Crippen molar-refractivity contribution < 1.29 is 13.2 Å². The van der Waals surface area contributed by atoms with Gasteiger partial charge in [-0.2, -0.15) is 18.2 Å². The van der Waals surface area contributed by atoms with Gasteiger partial charge in [-0.3, -0.25) is 9.78 Å². The summed E-state index contributed by atoms with van der Waals surface area (Å²) in [5.41, 5.74) is 0.223. The minimum absolute atomic E-state index is 0.285. The van der Waals surface area contributed by atoms with Crippen molar-refractivity contribution in [3.63, 3.8) is 0 Å².